The third-order valence-corrected chi connectivity index (χ3v) is 7.36. The van der Waals surface area contributed by atoms with Crippen LogP contribution in [0.15, 0.2) is 16.1 Å². The van der Waals surface area contributed by atoms with Crippen molar-refractivity contribution in [3.8, 4) is 0 Å². The van der Waals surface area contributed by atoms with Crippen LogP contribution >= 0.6 is 11.8 Å². The van der Waals surface area contributed by atoms with Crippen LogP contribution in [-0.4, -0.2) is 70.4 Å². The molecule has 1 aromatic heterocycles. The minimum atomic E-state index is -3.16. The molecule has 0 radical (unpaired) electrons. The Bertz CT molecular complexity index is 849. The van der Waals surface area contributed by atoms with Crippen molar-refractivity contribution in [2.75, 3.05) is 31.9 Å². The maximum Gasteiger partial charge on any atom is 0.286 e. The molecule has 1 fully saturated rings. The highest BCUT2D eigenvalue weighted by Crippen LogP contribution is 2.31. The van der Waals surface area contributed by atoms with Gasteiger partial charge in [-0.3, -0.25) is 9.48 Å². The van der Waals surface area contributed by atoms with E-state index in [1.807, 2.05) is 24.9 Å². The highest BCUT2D eigenvalue weighted by atomic mass is 32.2. The minimum absolute atomic E-state index is 0.110. The number of aromatic nitrogens is 2. The van der Waals surface area contributed by atoms with E-state index in [2.05, 4.69) is 10.1 Å². The SMILES string of the molecule is CCS(=O)(=O)N1CCN(C2=NC(=O)/C(=C/c3cnn(C)c3C)S2)CC1. The molecule has 0 saturated carbocycles. The molecule has 3 rings (SSSR count). The lowest BCUT2D eigenvalue weighted by atomic mass is 10.2. The molecule has 1 saturated heterocycles. The van der Waals surface area contributed by atoms with Crippen LogP contribution < -0.4 is 0 Å². The van der Waals surface area contributed by atoms with Crippen molar-refractivity contribution >= 4 is 38.9 Å². The summed E-state index contributed by atoms with van der Waals surface area (Å²) < 4.78 is 27.1. The van der Waals surface area contributed by atoms with E-state index in [4.69, 9.17) is 0 Å². The predicted molar refractivity (Wildman–Crippen MR) is 98.6 cm³/mol. The van der Waals surface area contributed by atoms with Crippen molar-refractivity contribution in [2.45, 2.75) is 13.8 Å². The van der Waals surface area contributed by atoms with Gasteiger partial charge in [-0.05, 0) is 31.7 Å². The summed E-state index contributed by atoms with van der Waals surface area (Å²) in [4.78, 5) is 18.9. The molecule has 0 bridgehead atoms. The van der Waals surface area contributed by atoms with Crippen LogP contribution in [0.25, 0.3) is 6.08 Å². The van der Waals surface area contributed by atoms with Crippen LogP contribution in [0.5, 0.6) is 0 Å². The third kappa shape index (κ3) is 3.65. The van der Waals surface area contributed by atoms with Crippen molar-refractivity contribution in [1.82, 2.24) is 19.0 Å². The van der Waals surface area contributed by atoms with Gasteiger partial charge in [-0.2, -0.15) is 14.4 Å². The van der Waals surface area contributed by atoms with Gasteiger partial charge in [0.1, 0.15) is 0 Å². The lowest BCUT2D eigenvalue weighted by molar-refractivity contribution is -0.113. The fourth-order valence-electron chi connectivity index (χ4n) is 2.67. The molecule has 3 heterocycles. The first-order valence-electron chi connectivity index (χ1n) is 8.05. The van der Waals surface area contributed by atoms with Gasteiger partial charge in [0, 0.05) is 44.5 Å². The van der Waals surface area contributed by atoms with E-state index in [0.29, 0.717) is 36.3 Å². The zero-order valence-corrected chi connectivity index (χ0v) is 16.1. The van der Waals surface area contributed by atoms with Crippen LogP contribution in [0, 0.1) is 6.92 Å². The number of amidine groups is 1. The van der Waals surface area contributed by atoms with Crippen LogP contribution in [-0.2, 0) is 21.9 Å². The Morgan fingerprint density at radius 3 is 2.52 bits per heavy atom. The summed E-state index contributed by atoms with van der Waals surface area (Å²) in [5.74, 6) is -0.148. The average molecular weight is 383 g/mol. The molecule has 0 atom stereocenters. The van der Waals surface area contributed by atoms with E-state index in [0.717, 1.165) is 11.3 Å². The fourth-order valence-corrected chi connectivity index (χ4v) is 4.71. The Labute approximate surface area is 151 Å². The standard InChI is InChI=1S/C15H21N5O3S2/c1-4-25(22,23)20-7-5-19(6-8-20)15-17-14(21)13(24-15)9-12-10-16-18(3)11(12)2/h9-10H,4-8H2,1-3H3/b13-9-. The van der Waals surface area contributed by atoms with Crippen molar-refractivity contribution in [3.05, 3.63) is 22.4 Å². The number of hydrogen-bond donors (Lipinski definition) is 0. The Morgan fingerprint density at radius 1 is 1.28 bits per heavy atom. The highest BCUT2D eigenvalue weighted by molar-refractivity contribution is 8.18. The predicted octanol–water partition coefficient (Wildman–Crippen LogP) is 0.666. The minimum Gasteiger partial charge on any atom is -0.348 e. The molecule has 1 amide bonds. The van der Waals surface area contributed by atoms with Crippen molar-refractivity contribution in [3.63, 3.8) is 0 Å². The normalized spacial score (nSPS) is 21.2. The Kier molecular flexibility index (Phi) is 5.03. The second-order valence-electron chi connectivity index (χ2n) is 5.91. The van der Waals surface area contributed by atoms with Gasteiger partial charge in [-0.1, -0.05) is 0 Å². The quantitative estimate of drug-likeness (QED) is 0.713. The number of thioether (sulfide) groups is 1. The van der Waals surface area contributed by atoms with Crippen molar-refractivity contribution in [2.24, 2.45) is 12.0 Å². The first-order chi connectivity index (χ1) is 11.8. The summed E-state index contributed by atoms with van der Waals surface area (Å²) in [5.41, 5.74) is 1.88. The van der Waals surface area contributed by atoms with E-state index < -0.39 is 10.0 Å². The first kappa shape index (κ1) is 18.2. The van der Waals surface area contributed by atoms with Gasteiger partial charge in [0.25, 0.3) is 5.91 Å². The van der Waals surface area contributed by atoms with Crippen molar-refractivity contribution < 1.29 is 13.2 Å². The molecule has 2 aliphatic rings. The molecule has 136 valence electrons. The van der Waals surface area contributed by atoms with E-state index >= 15 is 0 Å². The Hall–Kier alpha value is -1.65. The summed E-state index contributed by atoms with van der Waals surface area (Å²) in [6.45, 7) is 5.51. The number of carbonyl (C=O) groups excluding carboxylic acids is 1. The fraction of sp³-hybridized carbons (Fsp3) is 0.533. The summed E-state index contributed by atoms with van der Waals surface area (Å²) in [6, 6.07) is 0. The molecule has 0 unspecified atom stereocenters. The lowest BCUT2D eigenvalue weighted by Gasteiger charge is -2.34. The second-order valence-corrected chi connectivity index (χ2v) is 9.17. The lowest BCUT2D eigenvalue weighted by Crippen LogP contribution is -2.50. The van der Waals surface area contributed by atoms with E-state index in [-0.39, 0.29) is 11.7 Å². The monoisotopic (exact) mass is 383 g/mol. The van der Waals surface area contributed by atoms with Gasteiger partial charge < -0.3 is 4.90 Å². The zero-order valence-electron chi connectivity index (χ0n) is 14.5. The maximum atomic E-state index is 12.2. The van der Waals surface area contributed by atoms with Gasteiger partial charge in [-0.25, -0.2) is 8.42 Å². The van der Waals surface area contributed by atoms with Crippen LogP contribution in [0.2, 0.25) is 0 Å². The van der Waals surface area contributed by atoms with Gasteiger partial charge in [-0.15, -0.1) is 0 Å². The molecule has 0 aromatic carbocycles. The molecule has 1 aromatic rings. The smallest absolute Gasteiger partial charge is 0.286 e. The van der Waals surface area contributed by atoms with Crippen LogP contribution in [0.4, 0.5) is 0 Å². The number of hydrogen-bond acceptors (Lipinski definition) is 6. The van der Waals surface area contributed by atoms with Crippen LogP contribution in [0.3, 0.4) is 0 Å². The topological polar surface area (TPSA) is 87.9 Å². The number of aliphatic imine (C=N–C) groups is 1. The van der Waals surface area contributed by atoms with Crippen LogP contribution in [0.1, 0.15) is 18.2 Å². The third-order valence-electron chi connectivity index (χ3n) is 4.44. The van der Waals surface area contributed by atoms with E-state index in [9.17, 15) is 13.2 Å². The Balaban J connectivity index is 1.67. The summed E-state index contributed by atoms with van der Waals surface area (Å²) in [5, 5.41) is 4.82. The summed E-state index contributed by atoms with van der Waals surface area (Å²) >= 11 is 1.34. The summed E-state index contributed by atoms with van der Waals surface area (Å²) in [6.07, 6.45) is 3.53. The van der Waals surface area contributed by atoms with Gasteiger partial charge >= 0.3 is 0 Å². The van der Waals surface area contributed by atoms with Gasteiger partial charge in [0.05, 0.1) is 16.9 Å². The number of amides is 1. The molecular weight excluding hydrogens is 362 g/mol. The Morgan fingerprint density at radius 2 is 1.96 bits per heavy atom. The first-order valence-corrected chi connectivity index (χ1v) is 10.5. The second kappa shape index (κ2) is 6.93. The molecule has 0 spiro atoms. The maximum absolute atomic E-state index is 12.2. The van der Waals surface area contributed by atoms with Gasteiger partial charge in [0.2, 0.25) is 10.0 Å². The molecule has 0 N–H and O–H groups in total. The average Bonchev–Trinajstić information content (AvgIpc) is 3.12. The number of rotatable bonds is 3. The zero-order chi connectivity index (χ0) is 18.2. The number of piperazine rings is 1. The summed E-state index contributed by atoms with van der Waals surface area (Å²) in [7, 11) is -1.31. The van der Waals surface area contributed by atoms with E-state index in [1.54, 1.807) is 17.8 Å². The molecule has 25 heavy (non-hydrogen) atoms. The molecule has 0 aliphatic carbocycles. The van der Waals surface area contributed by atoms with Crippen molar-refractivity contribution in [1.29, 1.82) is 0 Å². The van der Waals surface area contributed by atoms with Gasteiger partial charge in [0.15, 0.2) is 5.17 Å². The number of nitrogens with zero attached hydrogens (tertiary/aromatic N) is 5. The number of carbonyl (C=O) groups is 1. The van der Waals surface area contributed by atoms with E-state index in [1.165, 1.54) is 16.1 Å². The molecule has 8 nitrogen and oxygen atoms in total. The largest absolute Gasteiger partial charge is 0.348 e. The highest BCUT2D eigenvalue weighted by Gasteiger charge is 2.31. The molecular formula is C15H21N5O3S2. The number of aryl methyl sites for hydroxylation is 1. The molecule has 2 aliphatic heterocycles. The molecule has 10 heteroatoms. The number of sulfonamides is 1.